The topological polar surface area (TPSA) is 113 Å². The molecule has 0 aliphatic carbocycles. The largest absolute Gasteiger partial charge is 0.494 e. The van der Waals surface area contributed by atoms with E-state index in [-0.39, 0.29) is 0 Å². The van der Waals surface area contributed by atoms with Crippen LogP contribution in [0.2, 0.25) is 0 Å². The molecule has 4 rings (SSSR count). The molecule has 1 fully saturated rings. The number of hydrogen-bond donors (Lipinski definition) is 2. The Hall–Kier alpha value is -3.54. The number of nitrogen functional groups attached to an aromatic ring is 1. The van der Waals surface area contributed by atoms with Crippen LogP contribution in [0.15, 0.2) is 41.4 Å². The van der Waals surface area contributed by atoms with E-state index in [9.17, 15) is 4.79 Å². The highest BCUT2D eigenvalue weighted by Crippen LogP contribution is 2.33. The molecule has 0 saturated carbocycles. The SMILES string of the molecule is CN=c1sc2cc(C(=O)OC)cc(OC)c2n1C/C=C/CNc1c(N)cc(C)cc1OCCCN1CCOCC1. The summed E-state index contributed by atoms with van der Waals surface area (Å²) in [6.07, 6.45) is 5.05. The molecule has 40 heavy (non-hydrogen) atoms. The second-order valence-electron chi connectivity index (χ2n) is 9.47. The minimum absolute atomic E-state index is 0.406. The fourth-order valence-electron chi connectivity index (χ4n) is 4.70. The van der Waals surface area contributed by atoms with Crippen molar-refractivity contribution in [2.24, 2.45) is 4.99 Å². The number of anilines is 2. The third-order valence-electron chi connectivity index (χ3n) is 6.68. The van der Waals surface area contributed by atoms with E-state index in [1.807, 2.05) is 31.2 Å². The van der Waals surface area contributed by atoms with Crippen molar-refractivity contribution in [2.75, 3.05) is 78.3 Å². The molecule has 0 atom stereocenters. The molecular weight excluding hydrogens is 530 g/mol. The van der Waals surface area contributed by atoms with Gasteiger partial charge in [0.15, 0.2) is 4.80 Å². The predicted molar refractivity (Wildman–Crippen MR) is 160 cm³/mol. The fraction of sp³-hybridized carbons (Fsp3) is 0.448. The van der Waals surface area contributed by atoms with E-state index in [1.54, 1.807) is 20.2 Å². The summed E-state index contributed by atoms with van der Waals surface area (Å²) < 4.78 is 25.1. The van der Waals surface area contributed by atoms with Gasteiger partial charge in [0.1, 0.15) is 22.7 Å². The number of carbonyl (C=O) groups excluding carboxylic acids is 1. The van der Waals surface area contributed by atoms with Gasteiger partial charge in [0.2, 0.25) is 0 Å². The molecule has 10 nitrogen and oxygen atoms in total. The lowest BCUT2D eigenvalue weighted by Gasteiger charge is -2.26. The summed E-state index contributed by atoms with van der Waals surface area (Å²) >= 11 is 1.50. The number of allylic oxidation sites excluding steroid dienone is 1. The van der Waals surface area contributed by atoms with Crippen molar-refractivity contribution < 1.29 is 23.7 Å². The maximum atomic E-state index is 12.1. The second-order valence-corrected chi connectivity index (χ2v) is 10.5. The van der Waals surface area contributed by atoms with E-state index in [0.29, 0.717) is 36.7 Å². The number of morpholine rings is 1. The number of nitrogens with two attached hydrogens (primary N) is 1. The molecule has 0 amide bonds. The van der Waals surface area contributed by atoms with Crippen molar-refractivity contribution in [1.82, 2.24) is 9.47 Å². The second kappa shape index (κ2) is 14.2. The van der Waals surface area contributed by atoms with E-state index in [0.717, 1.165) is 71.3 Å². The van der Waals surface area contributed by atoms with Crippen molar-refractivity contribution in [1.29, 1.82) is 0 Å². The third kappa shape index (κ3) is 7.15. The van der Waals surface area contributed by atoms with Crippen LogP contribution in [0.3, 0.4) is 0 Å². The van der Waals surface area contributed by atoms with Crippen LogP contribution in [0.4, 0.5) is 11.4 Å². The van der Waals surface area contributed by atoms with Crippen LogP contribution in [0.25, 0.3) is 10.2 Å². The normalized spacial score (nSPS) is 14.7. The molecule has 1 aliphatic heterocycles. The Morgan fingerprint density at radius 2 is 1.98 bits per heavy atom. The molecule has 1 aliphatic rings. The number of rotatable bonds is 12. The lowest BCUT2D eigenvalue weighted by atomic mass is 10.1. The highest BCUT2D eigenvalue weighted by atomic mass is 32.1. The Kier molecular flexibility index (Phi) is 10.5. The molecule has 11 heteroatoms. The van der Waals surface area contributed by atoms with Gasteiger partial charge in [-0.25, -0.2) is 4.79 Å². The molecule has 0 bridgehead atoms. The minimum atomic E-state index is -0.406. The Morgan fingerprint density at radius 1 is 1.18 bits per heavy atom. The molecule has 0 unspecified atom stereocenters. The van der Waals surface area contributed by atoms with Crippen molar-refractivity contribution in [2.45, 2.75) is 19.9 Å². The van der Waals surface area contributed by atoms with E-state index < -0.39 is 5.97 Å². The number of hydrogen-bond acceptors (Lipinski definition) is 10. The molecule has 0 radical (unpaired) electrons. The zero-order valence-corrected chi connectivity index (χ0v) is 24.5. The molecule has 1 saturated heterocycles. The first-order chi connectivity index (χ1) is 19.4. The molecule has 2 aromatic carbocycles. The third-order valence-corrected chi connectivity index (χ3v) is 7.80. The summed E-state index contributed by atoms with van der Waals surface area (Å²) in [6, 6.07) is 7.48. The van der Waals surface area contributed by atoms with Gasteiger partial charge in [0.25, 0.3) is 0 Å². The maximum absolute atomic E-state index is 12.1. The van der Waals surface area contributed by atoms with Crippen LogP contribution < -0.4 is 25.3 Å². The van der Waals surface area contributed by atoms with Gasteiger partial charge in [0.05, 0.1) is 50.0 Å². The number of carbonyl (C=O) groups is 1. The molecule has 2 heterocycles. The highest BCUT2D eigenvalue weighted by molar-refractivity contribution is 7.16. The summed E-state index contributed by atoms with van der Waals surface area (Å²) in [5.74, 6) is 0.958. The number of fused-ring (bicyclic) bond motifs is 1. The molecule has 216 valence electrons. The van der Waals surface area contributed by atoms with Gasteiger partial charge >= 0.3 is 5.97 Å². The van der Waals surface area contributed by atoms with Gasteiger partial charge in [-0.3, -0.25) is 9.89 Å². The summed E-state index contributed by atoms with van der Waals surface area (Å²) in [5, 5.41) is 3.42. The quantitative estimate of drug-likeness (QED) is 0.147. The van der Waals surface area contributed by atoms with Gasteiger partial charge in [-0.05, 0) is 43.2 Å². The number of aromatic nitrogens is 1. The predicted octanol–water partition coefficient (Wildman–Crippen LogP) is 3.69. The number of nitrogens with one attached hydrogen (secondary N) is 1. The first-order valence-corrected chi connectivity index (χ1v) is 14.2. The summed E-state index contributed by atoms with van der Waals surface area (Å²) in [5.41, 5.74) is 10.2. The van der Waals surface area contributed by atoms with E-state index >= 15 is 0 Å². The Labute approximate surface area is 239 Å². The standard InChI is InChI=1S/C29H39N5O5S/c1-20-16-22(30)26(23(17-20)39-13-7-9-33-11-14-38-15-12-33)32-8-5-6-10-34-27-24(36-3)18-21(28(35)37-4)19-25(27)40-29(34)31-2/h5-6,16-19,32H,7-15,30H2,1-4H3/b6-5+,31-29?. The molecular formula is C29H39N5O5S. The monoisotopic (exact) mass is 569 g/mol. The highest BCUT2D eigenvalue weighted by Gasteiger charge is 2.16. The number of benzene rings is 2. The summed E-state index contributed by atoms with van der Waals surface area (Å²) in [7, 11) is 4.71. The van der Waals surface area contributed by atoms with Gasteiger partial charge in [-0.1, -0.05) is 23.5 Å². The van der Waals surface area contributed by atoms with Crippen LogP contribution >= 0.6 is 11.3 Å². The smallest absolute Gasteiger partial charge is 0.338 e. The van der Waals surface area contributed by atoms with Crippen molar-refractivity contribution in [3.63, 3.8) is 0 Å². The van der Waals surface area contributed by atoms with Crippen molar-refractivity contribution >= 4 is 38.9 Å². The van der Waals surface area contributed by atoms with Crippen LogP contribution in [-0.2, 0) is 16.0 Å². The van der Waals surface area contributed by atoms with Crippen LogP contribution in [0.1, 0.15) is 22.3 Å². The van der Waals surface area contributed by atoms with Crippen LogP contribution in [0, 0.1) is 6.92 Å². The van der Waals surface area contributed by atoms with Crippen LogP contribution in [0.5, 0.6) is 11.5 Å². The van der Waals surface area contributed by atoms with Crippen LogP contribution in [-0.4, -0.2) is 82.7 Å². The van der Waals surface area contributed by atoms with Gasteiger partial charge in [0, 0.05) is 39.8 Å². The summed E-state index contributed by atoms with van der Waals surface area (Å²) in [4.78, 5) is 19.8. The number of ether oxygens (including phenoxy) is 4. The Morgan fingerprint density at radius 3 is 2.70 bits per heavy atom. The Balaban J connectivity index is 1.41. The van der Waals surface area contributed by atoms with Crippen molar-refractivity contribution in [3.05, 3.63) is 52.3 Å². The maximum Gasteiger partial charge on any atom is 0.338 e. The lowest BCUT2D eigenvalue weighted by molar-refractivity contribution is 0.0358. The minimum Gasteiger partial charge on any atom is -0.494 e. The first kappa shape index (κ1) is 29.4. The van der Waals surface area contributed by atoms with E-state index in [1.165, 1.54) is 18.4 Å². The molecule has 1 aromatic heterocycles. The number of methoxy groups -OCH3 is 2. The molecule has 3 N–H and O–H groups in total. The van der Waals surface area contributed by atoms with Gasteiger partial charge in [-0.2, -0.15) is 0 Å². The number of aryl methyl sites for hydroxylation is 1. The zero-order chi connectivity index (χ0) is 28.5. The number of thiazole rings is 1. The Bertz CT molecular complexity index is 1410. The van der Waals surface area contributed by atoms with Crippen molar-refractivity contribution in [3.8, 4) is 11.5 Å². The van der Waals surface area contributed by atoms with Gasteiger partial charge < -0.3 is 34.6 Å². The number of esters is 1. The summed E-state index contributed by atoms with van der Waals surface area (Å²) in [6.45, 7) is 8.34. The average molecular weight is 570 g/mol. The fourth-order valence-corrected chi connectivity index (χ4v) is 5.76. The van der Waals surface area contributed by atoms with E-state index in [4.69, 9.17) is 24.7 Å². The molecule has 0 spiro atoms. The number of nitrogens with zero attached hydrogens (tertiary/aromatic N) is 3. The van der Waals surface area contributed by atoms with E-state index in [2.05, 4.69) is 25.9 Å². The lowest BCUT2D eigenvalue weighted by Crippen LogP contribution is -2.37. The average Bonchev–Trinajstić information content (AvgIpc) is 3.33. The zero-order valence-electron chi connectivity index (χ0n) is 23.7. The van der Waals surface area contributed by atoms with Gasteiger partial charge in [-0.15, -0.1) is 0 Å². The first-order valence-electron chi connectivity index (χ1n) is 13.4. The molecule has 3 aromatic rings.